The number of hydrogen-bond donors (Lipinski definition) is 6. The van der Waals surface area contributed by atoms with Crippen molar-refractivity contribution in [2.75, 3.05) is 18.3 Å². The predicted molar refractivity (Wildman–Crippen MR) is 69.4 cm³/mol. The normalized spacial score (nSPS) is 27.0. The van der Waals surface area contributed by atoms with Crippen molar-refractivity contribution >= 4 is 13.4 Å². The van der Waals surface area contributed by atoms with E-state index >= 15 is 0 Å². The molecule has 0 unspecified atom stereocenters. The van der Waals surface area contributed by atoms with Crippen molar-refractivity contribution in [3.05, 3.63) is 22.7 Å². The molecule has 6 N–H and O–H groups in total. The summed E-state index contributed by atoms with van der Waals surface area (Å²) in [5, 5.41) is 21.9. The molecule has 0 bridgehead atoms. The minimum atomic E-state index is -4.54. The summed E-state index contributed by atoms with van der Waals surface area (Å²) in [6.07, 6.45) is -2.86. The molecule has 1 aliphatic rings. The Bertz CT molecular complexity index is 623. The van der Waals surface area contributed by atoms with Gasteiger partial charge in [-0.1, -0.05) is 0 Å². The average molecular weight is 371 g/mol. The number of aromatic nitrogens is 2. The second-order valence-electron chi connectivity index (χ2n) is 4.34. The summed E-state index contributed by atoms with van der Waals surface area (Å²) < 4.78 is 20.9. The SMILES string of the molecule is O=c1nccc(N[C@]2(OCP(=O)(O)O)OC[C@@H](O)[C@H]2O)[nH]1.[H-].[H-].[Na+].[Na+]. The molecule has 1 fully saturated rings. The van der Waals surface area contributed by atoms with Crippen LogP contribution in [0.1, 0.15) is 2.85 Å². The summed E-state index contributed by atoms with van der Waals surface area (Å²) in [6.45, 7) is -0.329. The third-order valence-corrected chi connectivity index (χ3v) is 3.12. The Labute approximate surface area is 177 Å². The van der Waals surface area contributed by atoms with E-state index in [1.54, 1.807) is 0 Å². The van der Waals surface area contributed by atoms with Crippen LogP contribution >= 0.6 is 7.60 Å². The minimum Gasteiger partial charge on any atom is -1.00 e. The van der Waals surface area contributed by atoms with E-state index in [4.69, 9.17) is 19.3 Å². The van der Waals surface area contributed by atoms with Crippen LogP contribution in [0.4, 0.5) is 5.82 Å². The van der Waals surface area contributed by atoms with Gasteiger partial charge in [0.25, 0.3) is 5.91 Å². The van der Waals surface area contributed by atoms with Gasteiger partial charge in [0.15, 0.2) is 12.5 Å². The van der Waals surface area contributed by atoms with Gasteiger partial charge in [0.05, 0.1) is 6.61 Å². The van der Waals surface area contributed by atoms with Gasteiger partial charge in [0, 0.05) is 6.20 Å². The summed E-state index contributed by atoms with van der Waals surface area (Å²) in [5.41, 5.74) is -0.696. The van der Waals surface area contributed by atoms with Crippen LogP contribution in [-0.2, 0) is 14.0 Å². The zero-order valence-corrected chi connectivity index (χ0v) is 17.4. The molecular formula is C9H16N3Na2O8P. The molecule has 1 aromatic heterocycles. The Morgan fingerprint density at radius 1 is 1.52 bits per heavy atom. The van der Waals surface area contributed by atoms with Crippen LogP contribution in [0.2, 0.25) is 0 Å². The van der Waals surface area contributed by atoms with Gasteiger partial charge in [0.2, 0.25) is 0 Å². The van der Waals surface area contributed by atoms with Gasteiger partial charge in [-0.15, -0.1) is 0 Å². The first kappa shape index (κ1) is 23.7. The number of H-pyrrole nitrogens is 1. The topological polar surface area (TPSA) is 174 Å². The van der Waals surface area contributed by atoms with Crippen LogP contribution in [0.3, 0.4) is 0 Å². The predicted octanol–water partition coefficient (Wildman–Crippen LogP) is -8.03. The van der Waals surface area contributed by atoms with E-state index in [1.165, 1.54) is 6.07 Å². The van der Waals surface area contributed by atoms with E-state index in [1.807, 2.05) is 0 Å². The van der Waals surface area contributed by atoms with Crippen LogP contribution in [-0.4, -0.2) is 61.0 Å². The molecule has 3 atom stereocenters. The van der Waals surface area contributed by atoms with Crippen LogP contribution in [0.25, 0.3) is 0 Å². The Morgan fingerprint density at radius 3 is 2.65 bits per heavy atom. The van der Waals surface area contributed by atoms with Gasteiger partial charge >= 0.3 is 72.4 Å². The fourth-order valence-electron chi connectivity index (χ4n) is 1.72. The number of hydrogen-bond acceptors (Lipinski definition) is 8. The Balaban J connectivity index is -0.00000121. The number of anilines is 1. The van der Waals surface area contributed by atoms with Crippen molar-refractivity contribution in [1.29, 1.82) is 0 Å². The quantitative estimate of drug-likeness (QED) is 0.166. The number of aliphatic hydroxyl groups excluding tert-OH is 2. The Morgan fingerprint density at radius 2 is 2.17 bits per heavy atom. The molecule has 14 heteroatoms. The van der Waals surface area contributed by atoms with Crippen molar-refractivity contribution in [2.24, 2.45) is 0 Å². The maximum atomic E-state index is 11.1. The van der Waals surface area contributed by atoms with Crippen molar-refractivity contribution in [2.45, 2.75) is 18.1 Å². The fourth-order valence-corrected chi connectivity index (χ4v) is 2.08. The van der Waals surface area contributed by atoms with E-state index in [0.29, 0.717) is 0 Å². The first-order chi connectivity index (χ1) is 9.72. The maximum Gasteiger partial charge on any atom is 1.00 e. The second-order valence-corrected chi connectivity index (χ2v) is 5.93. The van der Waals surface area contributed by atoms with Gasteiger partial charge in [-0.25, -0.2) is 9.78 Å². The minimum absolute atomic E-state index is 0. The maximum absolute atomic E-state index is 11.1. The summed E-state index contributed by atoms with van der Waals surface area (Å²) in [5.74, 6) is -2.08. The molecule has 1 aromatic rings. The molecule has 122 valence electrons. The molecule has 0 saturated carbocycles. The van der Waals surface area contributed by atoms with E-state index in [0.717, 1.165) is 6.20 Å². The van der Waals surface area contributed by atoms with Crippen LogP contribution in [0.15, 0.2) is 17.1 Å². The van der Waals surface area contributed by atoms with Crippen LogP contribution < -0.4 is 70.1 Å². The molecule has 2 heterocycles. The Hall–Kier alpha value is 0.670. The first-order valence-electron chi connectivity index (χ1n) is 5.74. The number of aromatic amines is 1. The summed E-state index contributed by atoms with van der Waals surface area (Å²) in [6, 6.07) is 1.31. The largest absolute Gasteiger partial charge is 1.00 e. The second kappa shape index (κ2) is 9.39. The van der Waals surface area contributed by atoms with Crippen molar-refractivity contribution in [1.82, 2.24) is 9.97 Å². The van der Waals surface area contributed by atoms with Crippen molar-refractivity contribution < 1.29 is 96.0 Å². The molecule has 0 spiro atoms. The molecule has 2 rings (SSSR count). The monoisotopic (exact) mass is 371 g/mol. The molecule has 0 radical (unpaired) electrons. The Kier molecular flexibility index (Phi) is 9.66. The van der Waals surface area contributed by atoms with Gasteiger partial charge in [0.1, 0.15) is 11.9 Å². The number of ether oxygens (including phenoxy) is 2. The molecule has 1 saturated heterocycles. The van der Waals surface area contributed by atoms with Gasteiger partial charge < -0.3 is 37.6 Å². The van der Waals surface area contributed by atoms with Crippen LogP contribution in [0.5, 0.6) is 0 Å². The van der Waals surface area contributed by atoms with Crippen LogP contribution in [0, 0.1) is 0 Å². The van der Waals surface area contributed by atoms with E-state index in [9.17, 15) is 19.6 Å². The van der Waals surface area contributed by atoms with Gasteiger partial charge in [-0.3, -0.25) is 9.55 Å². The summed E-state index contributed by atoms with van der Waals surface area (Å²) in [4.78, 5) is 34.5. The molecule has 1 aliphatic heterocycles. The van der Waals surface area contributed by atoms with Gasteiger partial charge in [-0.2, -0.15) is 0 Å². The summed E-state index contributed by atoms with van der Waals surface area (Å²) in [7, 11) is -4.54. The number of nitrogens with zero attached hydrogens (tertiary/aromatic N) is 1. The van der Waals surface area contributed by atoms with Gasteiger partial charge in [-0.05, 0) is 6.07 Å². The van der Waals surface area contributed by atoms with Crippen molar-refractivity contribution in [3.63, 3.8) is 0 Å². The number of rotatable bonds is 5. The average Bonchev–Trinajstić information content (AvgIpc) is 2.65. The molecule has 0 amide bonds. The molecular weight excluding hydrogens is 355 g/mol. The zero-order chi connectivity index (χ0) is 15.7. The summed E-state index contributed by atoms with van der Waals surface area (Å²) >= 11 is 0. The van der Waals surface area contributed by atoms with E-state index in [2.05, 4.69) is 15.3 Å². The first-order valence-corrected chi connectivity index (χ1v) is 7.54. The third kappa shape index (κ3) is 6.48. The molecule has 23 heavy (non-hydrogen) atoms. The van der Waals surface area contributed by atoms with E-state index < -0.39 is 37.8 Å². The standard InChI is InChI=1S/C9H14N3O8P.2Na.2H/c13-5-3-19-9(7(5)14,20-4-21(16,17)18)12-6-1-2-10-8(15)11-6;;;;/h1-2,5,7,13-14H,3-4H2,(H2,16,17,18)(H2,10,11,12,15);;;;/q;2*+1;2*-1/t5-,7-,9+;;;;/m1..../s1. The molecule has 0 aliphatic carbocycles. The smallest absolute Gasteiger partial charge is 1.00 e. The molecule has 0 aromatic carbocycles. The fraction of sp³-hybridized carbons (Fsp3) is 0.556. The number of aliphatic hydroxyl groups is 2. The van der Waals surface area contributed by atoms with Crippen molar-refractivity contribution in [3.8, 4) is 0 Å². The van der Waals surface area contributed by atoms with E-state index in [-0.39, 0.29) is 74.4 Å². The number of nitrogens with one attached hydrogen (secondary N) is 2. The third-order valence-electron chi connectivity index (χ3n) is 2.65. The molecule has 11 nitrogen and oxygen atoms in total. The zero-order valence-electron chi connectivity index (χ0n) is 14.5.